The Morgan fingerprint density at radius 3 is 2.62 bits per heavy atom. The second-order valence-electron chi connectivity index (χ2n) is 4.53. The summed E-state index contributed by atoms with van der Waals surface area (Å²) >= 11 is 11.5. The highest BCUT2D eigenvalue weighted by molar-refractivity contribution is 6.32. The van der Waals surface area contributed by atoms with E-state index in [9.17, 15) is 23.1 Å². The summed E-state index contributed by atoms with van der Waals surface area (Å²) in [6.45, 7) is -1.55. The number of carbonyl (C=O) groups excluding carboxylic acids is 1. The van der Waals surface area contributed by atoms with E-state index in [1.165, 1.54) is 18.2 Å². The number of nitrogens with one attached hydrogen (secondary N) is 1. The smallest absolute Gasteiger partial charge is 0.422 e. The van der Waals surface area contributed by atoms with Gasteiger partial charge in [0.2, 0.25) is 5.88 Å². The van der Waals surface area contributed by atoms with Crippen LogP contribution in [0.4, 0.5) is 18.9 Å². The van der Waals surface area contributed by atoms with Crippen LogP contribution in [0.5, 0.6) is 11.6 Å². The third-order valence-corrected chi connectivity index (χ3v) is 3.15. The minimum atomic E-state index is -4.54. The number of rotatable bonds is 4. The molecule has 0 atom stereocenters. The van der Waals surface area contributed by atoms with Crippen molar-refractivity contribution < 1.29 is 27.8 Å². The summed E-state index contributed by atoms with van der Waals surface area (Å²) in [6.07, 6.45) is -3.54. The molecule has 0 aliphatic carbocycles. The van der Waals surface area contributed by atoms with Gasteiger partial charge in [-0.2, -0.15) is 13.2 Å². The molecule has 128 valence electrons. The van der Waals surface area contributed by atoms with E-state index >= 15 is 0 Å². The summed E-state index contributed by atoms with van der Waals surface area (Å²) < 4.78 is 40.7. The molecule has 0 aliphatic rings. The summed E-state index contributed by atoms with van der Waals surface area (Å²) in [5, 5.41) is 12.0. The largest absolute Gasteiger partial charge is 0.506 e. The molecule has 1 heterocycles. The van der Waals surface area contributed by atoms with Gasteiger partial charge in [-0.1, -0.05) is 23.2 Å². The lowest BCUT2D eigenvalue weighted by Gasteiger charge is -2.11. The Bertz CT molecular complexity index is 769. The molecule has 10 heteroatoms. The van der Waals surface area contributed by atoms with Gasteiger partial charge < -0.3 is 15.2 Å². The van der Waals surface area contributed by atoms with E-state index in [-0.39, 0.29) is 27.0 Å². The molecule has 0 saturated heterocycles. The Kier molecular flexibility index (Phi) is 5.40. The Labute approximate surface area is 144 Å². The summed E-state index contributed by atoms with van der Waals surface area (Å²) in [7, 11) is 0. The van der Waals surface area contributed by atoms with Crippen LogP contribution >= 0.6 is 23.2 Å². The number of phenolic OH excluding ortho intramolecular Hbond substituents is 1. The van der Waals surface area contributed by atoms with Crippen molar-refractivity contribution in [3.63, 3.8) is 0 Å². The highest BCUT2D eigenvalue weighted by atomic mass is 35.5. The van der Waals surface area contributed by atoms with E-state index in [0.29, 0.717) is 0 Å². The maximum Gasteiger partial charge on any atom is 0.422 e. The predicted molar refractivity (Wildman–Crippen MR) is 81.9 cm³/mol. The van der Waals surface area contributed by atoms with Crippen molar-refractivity contribution in [1.82, 2.24) is 4.98 Å². The van der Waals surface area contributed by atoms with Gasteiger partial charge in [-0.15, -0.1) is 0 Å². The molecule has 1 aromatic carbocycles. The lowest BCUT2D eigenvalue weighted by atomic mass is 10.2. The van der Waals surface area contributed by atoms with E-state index in [1.807, 2.05) is 0 Å². The number of carbonyl (C=O) groups is 1. The van der Waals surface area contributed by atoms with E-state index in [2.05, 4.69) is 15.0 Å². The zero-order valence-electron chi connectivity index (χ0n) is 11.7. The van der Waals surface area contributed by atoms with Gasteiger partial charge in [0, 0.05) is 11.2 Å². The van der Waals surface area contributed by atoms with Crippen molar-refractivity contribution in [1.29, 1.82) is 0 Å². The van der Waals surface area contributed by atoms with Crippen LogP contribution in [0.15, 0.2) is 30.5 Å². The molecule has 2 rings (SSSR count). The van der Waals surface area contributed by atoms with Gasteiger partial charge in [0.15, 0.2) is 6.61 Å². The molecule has 24 heavy (non-hydrogen) atoms. The summed E-state index contributed by atoms with van der Waals surface area (Å²) in [5.74, 6) is -1.35. The molecule has 0 bridgehead atoms. The number of anilines is 1. The van der Waals surface area contributed by atoms with Crippen LogP contribution in [0.1, 0.15) is 10.4 Å². The topological polar surface area (TPSA) is 71.5 Å². The first-order chi connectivity index (χ1) is 11.2. The van der Waals surface area contributed by atoms with Gasteiger partial charge in [-0.25, -0.2) is 4.98 Å². The van der Waals surface area contributed by atoms with E-state index in [4.69, 9.17) is 23.2 Å². The van der Waals surface area contributed by atoms with Gasteiger partial charge in [0.05, 0.1) is 11.3 Å². The molecule has 2 aromatic rings. The maximum atomic E-state index is 12.1. The van der Waals surface area contributed by atoms with Crippen LogP contribution < -0.4 is 10.1 Å². The first kappa shape index (κ1) is 18.2. The summed E-state index contributed by atoms with van der Waals surface area (Å²) in [6, 6.07) is 5.14. The van der Waals surface area contributed by atoms with Crippen LogP contribution in [-0.4, -0.2) is 28.8 Å². The number of hydrogen-bond acceptors (Lipinski definition) is 4. The van der Waals surface area contributed by atoms with Crippen molar-refractivity contribution in [3.8, 4) is 11.6 Å². The third-order valence-electron chi connectivity index (χ3n) is 2.65. The fourth-order valence-corrected chi connectivity index (χ4v) is 2.00. The Balaban J connectivity index is 2.13. The number of nitrogens with zero attached hydrogens (tertiary/aromatic N) is 1. The number of halogens is 5. The fourth-order valence-electron chi connectivity index (χ4n) is 1.61. The molecular formula is C14H9Cl2F3N2O3. The standard InChI is InChI=1S/C14H9Cl2F3N2O3/c15-8-1-2-11(22)10(4-8)21-12(23)7-3-9(16)13(20-5-7)24-6-14(17,18)19/h1-5,22H,6H2,(H,21,23). The molecule has 0 unspecified atom stereocenters. The minimum Gasteiger partial charge on any atom is -0.506 e. The Morgan fingerprint density at radius 1 is 1.29 bits per heavy atom. The molecule has 0 radical (unpaired) electrons. The first-order valence-electron chi connectivity index (χ1n) is 6.30. The number of aromatic hydroxyl groups is 1. The number of hydrogen-bond donors (Lipinski definition) is 2. The molecule has 0 fully saturated rings. The zero-order chi connectivity index (χ0) is 17.9. The van der Waals surface area contributed by atoms with Crippen molar-refractivity contribution in [2.45, 2.75) is 6.18 Å². The lowest BCUT2D eigenvalue weighted by molar-refractivity contribution is -0.154. The number of ether oxygens (including phenoxy) is 1. The normalized spacial score (nSPS) is 11.2. The van der Waals surface area contributed by atoms with Crippen molar-refractivity contribution in [2.75, 3.05) is 11.9 Å². The van der Waals surface area contributed by atoms with Gasteiger partial charge in [0.1, 0.15) is 10.8 Å². The van der Waals surface area contributed by atoms with Gasteiger partial charge in [-0.3, -0.25) is 4.79 Å². The van der Waals surface area contributed by atoms with Crippen LogP contribution in [0, 0.1) is 0 Å². The average molecular weight is 381 g/mol. The van der Waals surface area contributed by atoms with Crippen molar-refractivity contribution in [3.05, 3.63) is 46.1 Å². The van der Waals surface area contributed by atoms with Crippen LogP contribution in [0.25, 0.3) is 0 Å². The van der Waals surface area contributed by atoms with Gasteiger partial charge in [-0.05, 0) is 24.3 Å². The number of benzene rings is 1. The minimum absolute atomic E-state index is 0.0428. The highest BCUT2D eigenvalue weighted by Gasteiger charge is 2.29. The van der Waals surface area contributed by atoms with Crippen LogP contribution in [0.3, 0.4) is 0 Å². The average Bonchev–Trinajstić information content (AvgIpc) is 2.48. The summed E-state index contributed by atoms with van der Waals surface area (Å²) in [5.41, 5.74) is 0.0137. The zero-order valence-corrected chi connectivity index (χ0v) is 13.2. The third kappa shape index (κ3) is 4.90. The molecule has 5 nitrogen and oxygen atoms in total. The Hall–Kier alpha value is -2.19. The van der Waals surface area contributed by atoms with E-state index in [0.717, 1.165) is 12.3 Å². The molecule has 1 aromatic heterocycles. The molecule has 0 spiro atoms. The highest BCUT2D eigenvalue weighted by Crippen LogP contribution is 2.28. The lowest BCUT2D eigenvalue weighted by Crippen LogP contribution is -2.20. The fraction of sp³-hybridized carbons (Fsp3) is 0.143. The van der Waals surface area contributed by atoms with E-state index < -0.39 is 24.6 Å². The quantitative estimate of drug-likeness (QED) is 0.776. The van der Waals surface area contributed by atoms with Crippen LogP contribution in [-0.2, 0) is 0 Å². The van der Waals surface area contributed by atoms with Crippen molar-refractivity contribution >= 4 is 34.8 Å². The van der Waals surface area contributed by atoms with Gasteiger partial charge in [0.25, 0.3) is 5.91 Å². The molecular weight excluding hydrogens is 372 g/mol. The number of pyridine rings is 1. The Morgan fingerprint density at radius 2 is 2.00 bits per heavy atom. The summed E-state index contributed by atoms with van der Waals surface area (Å²) in [4.78, 5) is 15.7. The molecule has 0 saturated carbocycles. The van der Waals surface area contributed by atoms with Gasteiger partial charge >= 0.3 is 6.18 Å². The van der Waals surface area contributed by atoms with Crippen molar-refractivity contribution in [2.24, 2.45) is 0 Å². The second kappa shape index (κ2) is 7.14. The first-order valence-corrected chi connectivity index (χ1v) is 7.06. The second-order valence-corrected chi connectivity index (χ2v) is 5.37. The molecule has 1 amide bonds. The number of amides is 1. The maximum absolute atomic E-state index is 12.1. The van der Waals surface area contributed by atoms with E-state index in [1.54, 1.807) is 0 Å². The number of alkyl halides is 3. The monoisotopic (exact) mass is 380 g/mol. The predicted octanol–water partition coefficient (Wildman–Crippen LogP) is 4.29. The SMILES string of the molecule is O=C(Nc1cc(Cl)ccc1O)c1cnc(OCC(F)(F)F)c(Cl)c1. The molecule has 2 N–H and O–H groups in total. The molecule has 0 aliphatic heterocycles. The van der Waals surface area contributed by atoms with Crippen LogP contribution in [0.2, 0.25) is 10.0 Å². The number of aromatic nitrogens is 1. The number of phenols is 1.